The number of carbonyl (C=O) groups excluding carboxylic acids is 1. The predicted molar refractivity (Wildman–Crippen MR) is 121 cm³/mol. The quantitative estimate of drug-likeness (QED) is 0.593. The Bertz CT molecular complexity index is 1130. The van der Waals surface area contributed by atoms with Gasteiger partial charge in [0.15, 0.2) is 0 Å². The van der Waals surface area contributed by atoms with Gasteiger partial charge in [0.1, 0.15) is 5.75 Å². The van der Waals surface area contributed by atoms with E-state index in [0.717, 1.165) is 39.9 Å². The summed E-state index contributed by atoms with van der Waals surface area (Å²) >= 11 is 6.45. The summed E-state index contributed by atoms with van der Waals surface area (Å²) in [5.41, 5.74) is 3.32. The van der Waals surface area contributed by atoms with Crippen molar-refractivity contribution in [3.05, 3.63) is 77.5 Å². The van der Waals surface area contributed by atoms with Gasteiger partial charge in [0, 0.05) is 41.4 Å². The highest BCUT2D eigenvalue weighted by Crippen LogP contribution is 2.40. The lowest BCUT2D eigenvalue weighted by Gasteiger charge is -2.34. The molecule has 1 aromatic heterocycles. The van der Waals surface area contributed by atoms with Gasteiger partial charge in [-0.05, 0) is 54.8 Å². The Morgan fingerprint density at radius 1 is 1.33 bits per heavy atom. The number of fused-ring (bicyclic) bond motifs is 1. The van der Waals surface area contributed by atoms with Crippen molar-refractivity contribution in [1.82, 2.24) is 9.88 Å². The second-order valence-electron chi connectivity index (χ2n) is 7.58. The van der Waals surface area contributed by atoms with Crippen LogP contribution in [0.1, 0.15) is 17.5 Å². The zero-order chi connectivity index (χ0) is 21.3. The molecule has 1 N–H and O–H groups in total. The van der Waals surface area contributed by atoms with Crippen molar-refractivity contribution < 1.29 is 9.53 Å². The highest BCUT2D eigenvalue weighted by atomic mass is 35.5. The summed E-state index contributed by atoms with van der Waals surface area (Å²) in [6.45, 7) is 6.80. The number of likely N-dealkylation sites (tertiary alicyclic amines) is 1. The average Bonchev–Trinajstić information content (AvgIpc) is 3.19. The third-order valence-corrected chi connectivity index (χ3v) is 6.23. The number of nitrogens with zero attached hydrogens (tertiary/aromatic N) is 2. The molecule has 1 amide bonds. The van der Waals surface area contributed by atoms with Gasteiger partial charge in [0.25, 0.3) is 0 Å². The molecule has 0 bridgehead atoms. The Labute approximate surface area is 181 Å². The number of anilines is 1. The molecule has 1 atom stereocenters. The van der Waals surface area contributed by atoms with Crippen LogP contribution in [0.5, 0.6) is 5.75 Å². The van der Waals surface area contributed by atoms with E-state index in [-0.39, 0.29) is 5.91 Å². The number of ether oxygens (including phenoxy) is 1. The van der Waals surface area contributed by atoms with Gasteiger partial charge >= 0.3 is 0 Å². The van der Waals surface area contributed by atoms with E-state index in [1.54, 1.807) is 13.3 Å². The minimum atomic E-state index is -0.485. The highest BCUT2D eigenvalue weighted by molar-refractivity contribution is 6.31. The van der Waals surface area contributed by atoms with Crippen LogP contribution in [0.25, 0.3) is 10.9 Å². The molecule has 1 fully saturated rings. The molecular formula is C24H24ClN3O2. The summed E-state index contributed by atoms with van der Waals surface area (Å²) < 4.78 is 5.61. The monoisotopic (exact) mass is 421 g/mol. The zero-order valence-electron chi connectivity index (χ0n) is 17.1. The van der Waals surface area contributed by atoms with Gasteiger partial charge in [-0.1, -0.05) is 30.3 Å². The summed E-state index contributed by atoms with van der Waals surface area (Å²) in [5, 5.41) is 5.37. The molecule has 2 aromatic carbocycles. The summed E-state index contributed by atoms with van der Waals surface area (Å²) in [6.07, 6.45) is 3.88. The lowest BCUT2D eigenvalue weighted by molar-refractivity contribution is -0.125. The molecule has 6 heteroatoms. The fourth-order valence-corrected chi connectivity index (χ4v) is 4.48. The van der Waals surface area contributed by atoms with Gasteiger partial charge in [-0.3, -0.25) is 9.78 Å². The second-order valence-corrected chi connectivity index (χ2v) is 7.99. The smallest absolute Gasteiger partial charge is 0.246 e. The molecule has 3 aromatic rings. The zero-order valence-corrected chi connectivity index (χ0v) is 17.9. The number of carbonyl (C=O) groups is 1. The molecule has 0 radical (unpaired) electrons. The summed E-state index contributed by atoms with van der Waals surface area (Å²) in [7, 11) is 1.66. The summed E-state index contributed by atoms with van der Waals surface area (Å²) in [6, 6.07) is 13.8. The lowest BCUT2D eigenvalue weighted by Crippen LogP contribution is -2.40. The Hall–Kier alpha value is -3.05. The first-order valence-corrected chi connectivity index (χ1v) is 10.2. The number of methoxy groups -OCH3 is 1. The van der Waals surface area contributed by atoms with Gasteiger partial charge in [-0.25, -0.2) is 0 Å². The number of nitrogens with one attached hydrogen (secondary N) is 1. The van der Waals surface area contributed by atoms with Crippen molar-refractivity contribution in [3.8, 4) is 5.75 Å². The van der Waals surface area contributed by atoms with Crippen molar-refractivity contribution in [2.45, 2.75) is 18.9 Å². The van der Waals surface area contributed by atoms with Gasteiger partial charge in [-0.15, -0.1) is 0 Å². The Kier molecular flexibility index (Phi) is 5.39. The van der Waals surface area contributed by atoms with Crippen LogP contribution in [0, 0.1) is 6.92 Å². The topological polar surface area (TPSA) is 54.5 Å². The molecular weight excluding hydrogens is 398 g/mol. The minimum Gasteiger partial charge on any atom is -0.496 e. The van der Waals surface area contributed by atoms with E-state index >= 15 is 0 Å². The first kappa shape index (κ1) is 20.2. The number of rotatable bonds is 5. The average molecular weight is 422 g/mol. The van der Waals surface area contributed by atoms with E-state index in [2.05, 4.69) is 22.9 Å². The van der Waals surface area contributed by atoms with Gasteiger partial charge in [0.2, 0.25) is 5.91 Å². The first-order valence-electron chi connectivity index (χ1n) is 9.85. The second kappa shape index (κ2) is 8.00. The third-order valence-electron chi connectivity index (χ3n) is 5.83. The molecule has 1 unspecified atom stereocenters. The van der Waals surface area contributed by atoms with E-state index in [1.807, 2.05) is 48.2 Å². The van der Waals surface area contributed by atoms with E-state index in [9.17, 15) is 4.79 Å². The standard InChI is InChI=1S/C24H24ClN3O2/c1-4-23(29)28-12-10-24(15-28,19-8-5-9-20(25)16(19)2)27-17-13-21-18(7-6-11-26-21)22(14-17)30-3/h4-9,11,13-14,27H,1,10,12,15H2,2-3H3. The summed E-state index contributed by atoms with van der Waals surface area (Å²) in [4.78, 5) is 18.6. The summed E-state index contributed by atoms with van der Waals surface area (Å²) in [5.74, 6) is 0.675. The molecule has 2 heterocycles. The number of hydrogen-bond donors (Lipinski definition) is 1. The van der Waals surface area contributed by atoms with Crippen molar-refractivity contribution in [2.75, 3.05) is 25.5 Å². The van der Waals surface area contributed by atoms with Crippen molar-refractivity contribution in [2.24, 2.45) is 0 Å². The molecule has 154 valence electrons. The first-order chi connectivity index (χ1) is 14.5. The van der Waals surface area contributed by atoms with Gasteiger partial charge in [0.05, 0.1) is 18.2 Å². The molecule has 1 aliphatic heterocycles. The maximum atomic E-state index is 12.3. The van der Waals surface area contributed by atoms with E-state index in [4.69, 9.17) is 16.3 Å². The van der Waals surface area contributed by atoms with Crippen LogP contribution in [0.4, 0.5) is 5.69 Å². The molecule has 1 aliphatic rings. The number of pyridine rings is 1. The molecule has 0 aliphatic carbocycles. The van der Waals surface area contributed by atoms with Crippen molar-refractivity contribution in [1.29, 1.82) is 0 Å². The van der Waals surface area contributed by atoms with Crippen molar-refractivity contribution in [3.63, 3.8) is 0 Å². The molecule has 5 nitrogen and oxygen atoms in total. The SMILES string of the molecule is C=CC(=O)N1CCC(Nc2cc(OC)c3cccnc3c2)(c2cccc(Cl)c2C)C1. The van der Waals surface area contributed by atoms with Gasteiger partial charge in [-0.2, -0.15) is 0 Å². The maximum absolute atomic E-state index is 12.3. The molecule has 30 heavy (non-hydrogen) atoms. The molecule has 1 saturated heterocycles. The van der Waals surface area contributed by atoms with Crippen LogP contribution in [0.3, 0.4) is 0 Å². The number of hydrogen-bond acceptors (Lipinski definition) is 4. The largest absolute Gasteiger partial charge is 0.496 e. The van der Waals surface area contributed by atoms with Crippen LogP contribution >= 0.6 is 11.6 Å². The lowest BCUT2D eigenvalue weighted by atomic mass is 9.85. The number of benzene rings is 2. The Balaban J connectivity index is 1.82. The number of amides is 1. The van der Waals surface area contributed by atoms with E-state index < -0.39 is 5.54 Å². The number of halogens is 1. The van der Waals surface area contributed by atoms with Crippen LogP contribution < -0.4 is 10.1 Å². The van der Waals surface area contributed by atoms with E-state index in [0.29, 0.717) is 18.1 Å². The number of aromatic nitrogens is 1. The highest BCUT2D eigenvalue weighted by Gasteiger charge is 2.42. The van der Waals surface area contributed by atoms with Crippen molar-refractivity contribution >= 4 is 34.1 Å². The fourth-order valence-electron chi connectivity index (χ4n) is 4.31. The fraction of sp³-hybridized carbons (Fsp3) is 0.250. The molecule has 0 saturated carbocycles. The van der Waals surface area contributed by atoms with Crippen LogP contribution in [-0.2, 0) is 10.3 Å². The third kappa shape index (κ3) is 3.50. The Morgan fingerprint density at radius 3 is 2.93 bits per heavy atom. The minimum absolute atomic E-state index is 0.0730. The van der Waals surface area contributed by atoms with Crippen LogP contribution in [0.2, 0.25) is 5.02 Å². The molecule has 4 rings (SSSR count). The normalized spacial score (nSPS) is 18.4. The molecule has 0 spiro atoms. The van der Waals surface area contributed by atoms with Crippen LogP contribution in [0.15, 0.2) is 61.3 Å². The van der Waals surface area contributed by atoms with Gasteiger partial charge < -0.3 is 15.0 Å². The Morgan fingerprint density at radius 2 is 2.17 bits per heavy atom. The van der Waals surface area contributed by atoms with E-state index in [1.165, 1.54) is 6.08 Å². The predicted octanol–water partition coefficient (Wildman–Crippen LogP) is 4.93. The van der Waals surface area contributed by atoms with Crippen LogP contribution in [-0.4, -0.2) is 36.0 Å². The maximum Gasteiger partial charge on any atom is 0.246 e.